The molecule has 0 atom stereocenters. The summed E-state index contributed by atoms with van der Waals surface area (Å²) < 4.78 is 54.8. The summed E-state index contributed by atoms with van der Waals surface area (Å²) >= 11 is 0. The number of alkyl halides is 3. The fourth-order valence-electron chi connectivity index (χ4n) is 3.68. The van der Waals surface area contributed by atoms with Gasteiger partial charge in [0.2, 0.25) is 5.78 Å². The van der Waals surface area contributed by atoms with Gasteiger partial charge in [-0.2, -0.15) is 13.2 Å². The lowest BCUT2D eigenvalue weighted by Gasteiger charge is -2.23. The van der Waals surface area contributed by atoms with E-state index in [0.29, 0.717) is 5.69 Å². The number of benzene rings is 2. The summed E-state index contributed by atoms with van der Waals surface area (Å²) in [5.41, 5.74) is 0.0310. The summed E-state index contributed by atoms with van der Waals surface area (Å²) in [7, 11) is 0. The molecule has 1 saturated carbocycles. The van der Waals surface area contributed by atoms with Crippen LogP contribution < -0.4 is 4.90 Å². The summed E-state index contributed by atoms with van der Waals surface area (Å²) in [6, 6.07) is 11.8. The first-order chi connectivity index (χ1) is 15.3. The number of nitrogens with zero attached hydrogens (tertiary/aromatic N) is 4. The highest BCUT2D eigenvalue weighted by Gasteiger charge is 2.37. The zero-order valence-corrected chi connectivity index (χ0v) is 16.6. The maximum absolute atomic E-state index is 13.8. The van der Waals surface area contributed by atoms with E-state index in [0.717, 1.165) is 25.0 Å². The SMILES string of the molecule is O=C(c1c(-c2cccc(C(F)(F)F)c2)nc2ncccn12)N(c1ccc(F)cc1)C1CC1. The molecule has 162 valence electrons. The summed E-state index contributed by atoms with van der Waals surface area (Å²) in [6.07, 6.45) is 0.0975. The Morgan fingerprint density at radius 1 is 1.06 bits per heavy atom. The maximum Gasteiger partial charge on any atom is 0.416 e. The lowest BCUT2D eigenvalue weighted by molar-refractivity contribution is -0.137. The third kappa shape index (κ3) is 3.59. The van der Waals surface area contributed by atoms with Crippen molar-refractivity contribution in [3.05, 3.63) is 84.1 Å². The van der Waals surface area contributed by atoms with Gasteiger partial charge in [0.15, 0.2) is 0 Å². The van der Waals surface area contributed by atoms with Crippen molar-refractivity contribution in [2.24, 2.45) is 0 Å². The Bertz CT molecular complexity index is 1310. The van der Waals surface area contributed by atoms with Crippen molar-refractivity contribution in [3.63, 3.8) is 0 Å². The first-order valence-corrected chi connectivity index (χ1v) is 9.93. The Balaban J connectivity index is 1.68. The van der Waals surface area contributed by atoms with Crippen LogP contribution in [0.4, 0.5) is 23.2 Å². The number of anilines is 1. The third-order valence-electron chi connectivity index (χ3n) is 5.31. The van der Waals surface area contributed by atoms with E-state index in [1.165, 1.54) is 47.0 Å². The summed E-state index contributed by atoms with van der Waals surface area (Å²) in [6.45, 7) is 0. The quantitative estimate of drug-likeness (QED) is 0.401. The van der Waals surface area contributed by atoms with Crippen molar-refractivity contribution in [2.45, 2.75) is 25.1 Å². The van der Waals surface area contributed by atoms with Crippen molar-refractivity contribution in [2.75, 3.05) is 4.90 Å². The molecule has 0 spiro atoms. The number of imidazole rings is 1. The maximum atomic E-state index is 13.8. The molecule has 1 amide bonds. The zero-order chi connectivity index (χ0) is 22.5. The molecule has 2 aromatic heterocycles. The van der Waals surface area contributed by atoms with Gasteiger partial charge < -0.3 is 4.90 Å². The molecule has 0 aliphatic heterocycles. The van der Waals surface area contributed by atoms with Crippen molar-refractivity contribution in [3.8, 4) is 11.3 Å². The monoisotopic (exact) mass is 440 g/mol. The van der Waals surface area contributed by atoms with Gasteiger partial charge in [0, 0.05) is 29.7 Å². The summed E-state index contributed by atoms with van der Waals surface area (Å²) in [5.74, 6) is -0.675. The topological polar surface area (TPSA) is 50.5 Å². The molecule has 5 rings (SSSR count). The highest BCUT2D eigenvalue weighted by molar-refractivity contribution is 6.09. The molecule has 2 heterocycles. The fourth-order valence-corrected chi connectivity index (χ4v) is 3.68. The van der Waals surface area contributed by atoms with Crippen LogP contribution in [0.2, 0.25) is 0 Å². The van der Waals surface area contributed by atoms with E-state index < -0.39 is 23.5 Å². The van der Waals surface area contributed by atoms with Gasteiger partial charge in [0.25, 0.3) is 5.91 Å². The lowest BCUT2D eigenvalue weighted by atomic mass is 10.1. The molecule has 0 unspecified atom stereocenters. The van der Waals surface area contributed by atoms with Crippen LogP contribution >= 0.6 is 0 Å². The molecular formula is C23H16F4N4O. The predicted molar refractivity (Wildman–Crippen MR) is 110 cm³/mol. The highest BCUT2D eigenvalue weighted by Crippen LogP contribution is 2.36. The zero-order valence-electron chi connectivity index (χ0n) is 16.6. The highest BCUT2D eigenvalue weighted by atomic mass is 19.4. The van der Waals surface area contributed by atoms with Gasteiger partial charge in [-0.3, -0.25) is 9.20 Å². The number of fused-ring (bicyclic) bond motifs is 1. The smallest absolute Gasteiger partial charge is 0.304 e. The van der Waals surface area contributed by atoms with Gasteiger partial charge >= 0.3 is 6.18 Å². The molecule has 0 bridgehead atoms. The second-order valence-corrected chi connectivity index (χ2v) is 7.56. The standard InChI is InChI=1S/C23H16F4N4O/c24-16-5-7-17(8-6-16)31(18-9-10-18)21(32)20-19(29-22-28-11-2-12-30(20)22)14-3-1-4-15(13-14)23(25,26)27/h1-8,11-13,18H,9-10H2. The van der Waals surface area contributed by atoms with Crippen molar-refractivity contribution < 1.29 is 22.4 Å². The number of halogens is 4. The molecule has 1 aliphatic carbocycles. The number of aromatic nitrogens is 3. The molecule has 9 heteroatoms. The van der Waals surface area contributed by atoms with Gasteiger partial charge in [0.05, 0.1) is 5.56 Å². The number of hydrogen-bond donors (Lipinski definition) is 0. The largest absolute Gasteiger partial charge is 0.416 e. The third-order valence-corrected chi connectivity index (χ3v) is 5.31. The molecule has 0 saturated heterocycles. The minimum atomic E-state index is -4.54. The van der Waals surface area contributed by atoms with Gasteiger partial charge in [0.1, 0.15) is 17.2 Å². The van der Waals surface area contributed by atoms with Crippen LogP contribution in [0.5, 0.6) is 0 Å². The molecular weight excluding hydrogens is 424 g/mol. The Morgan fingerprint density at radius 3 is 2.50 bits per heavy atom. The van der Waals surface area contributed by atoms with Crippen LogP contribution in [0, 0.1) is 5.82 Å². The van der Waals surface area contributed by atoms with Gasteiger partial charge in [-0.15, -0.1) is 0 Å². The van der Waals surface area contributed by atoms with E-state index in [2.05, 4.69) is 9.97 Å². The average molecular weight is 440 g/mol. The normalized spacial score (nSPS) is 14.0. The molecule has 1 aliphatic rings. The van der Waals surface area contributed by atoms with E-state index in [1.54, 1.807) is 17.2 Å². The van der Waals surface area contributed by atoms with Crippen molar-refractivity contribution in [1.82, 2.24) is 14.4 Å². The van der Waals surface area contributed by atoms with E-state index in [-0.39, 0.29) is 28.8 Å². The lowest BCUT2D eigenvalue weighted by Crippen LogP contribution is -2.34. The van der Waals surface area contributed by atoms with E-state index in [1.807, 2.05) is 0 Å². The number of carbonyl (C=O) groups is 1. The molecule has 32 heavy (non-hydrogen) atoms. The molecule has 4 aromatic rings. The Kier molecular flexibility index (Phi) is 4.69. The Morgan fingerprint density at radius 2 is 1.81 bits per heavy atom. The first-order valence-electron chi connectivity index (χ1n) is 9.93. The molecule has 2 aromatic carbocycles. The second kappa shape index (κ2) is 7.44. The van der Waals surface area contributed by atoms with Crippen LogP contribution in [0.25, 0.3) is 17.0 Å². The van der Waals surface area contributed by atoms with Crippen LogP contribution in [-0.4, -0.2) is 26.3 Å². The number of amides is 1. The summed E-state index contributed by atoms with van der Waals surface area (Å²) in [4.78, 5) is 23.9. The van der Waals surface area contributed by atoms with E-state index >= 15 is 0 Å². The molecule has 0 N–H and O–H groups in total. The minimum Gasteiger partial charge on any atom is -0.304 e. The van der Waals surface area contributed by atoms with E-state index in [9.17, 15) is 22.4 Å². The minimum absolute atomic E-state index is 0.0791. The molecule has 0 radical (unpaired) electrons. The van der Waals surface area contributed by atoms with Crippen molar-refractivity contribution >= 4 is 17.4 Å². The van der Waals surface area contributed by atoms with E-state index in [4.69, 9.17) is 0 Å². The molecule has 5 nitrogen and oxygen atoms in total. The Hall–Kier alpha value is -3.75. The second-order valence-electron chi connectivity index (χ2n) is 7.56. The predicted octanol–water partition coefficient (Wildman–Crippen LogP) is 5.36. The van der Waals surface area contributed by atoms with Crippen molar-refractivity contribution in [1.29, 1.82) is 0 Å². The Labute approximate surface area is 180 Å². The van der Waals surface area contributed by atoms with Gasteiger partial charge in [-0.1, -0.05) is 12.1 Å². The number of hydrogen-bond acceptors (Lipinski definition) is 3. The number of carbonyl (C=O) groups excluding carboxylic acids is 1. The van der Waals surface area contributed by atoms with Crippen LogP contribution in [0.15, 0.2) is 67.0 Å². The van der Waals surface area contributed by atoms with Gasteiger partial charge in [-0.25, -0.2) is 14.4 Å². The number of rotatable bonds is 4. The molecule has 1 fully saturated rings. The average Bonchev–Trinajstić information content (AvgIpc) is 3.53. The summed E-state index contributed by atoms with van der Waals surface area (Å²) in [5, 5.41) is 0. The first kappa shape index (κ1) is 20.2. The van der Waals surface area contributed by atoms with Crippen LogP contribution in [-0.2, 0) is 6.18 Å². The van der Waals surface area contributed by atoms with Crippen LogP contribution in [0.1, 0.15) is 28.9 Å². The fraction of sp³-hybridized carbons (Fsp3) is 0.174. The van der Waals surface area contributed by atoms with Gasteiger partial charge in [-0.05, 0) is 55.3 Å². The van der Waals surface area contributed by atoms with Crippen LogP contribution in [0.3, 0.4) is 0 Å².